The summed E-state index contributed by atoms with van der Waals surface area (Å²) in [5.74, 6) is 5.77. The second-order valence-corrected chi connectivity index (χ2v) is 7.03. The van der Waals surface area contributed by atoms with Crippen molar-refractivity contribution in [1.29, 1.82) is 0 Å². The van der Waals surface area contributed by atoms with Crippen LogP contribution < -0.4 is 11.3 Å². The van der Waals surface area contributed by atoms with Gasteiger partial charge in [0, 0.05) is 6.04 Å². The van der Waals surface area contributed by atoms with Crippen molar-refractivity contribution in [3.8, 4) is 0 Å². The normalized spacial score (nSPS) is 23.1. The zero-order valence-electron chi connectivity index (χ0n) is 11.6. The standard InChI is InChI=1S/C14H30N2/c1-13(2,3)11-8-12(16-15)14(4)9-6-5-7-10-14/h12,16H,5-11,15H2,1-4H3. The van der Waals surface area contributed by atoms with Gasteiger partial charge in [0.15, 0.2) is 0 Å². The molecule has 1 aliphatic carbocycles. The van der Waals surface area contributed by atoms with Crippen molar-refractivity contribution in [2.75, 3.05) is 0 Å². The van der Waals surface area contributed by atoms with Gasteiger partial charge in [-0.05, 0) is 36.5 Å². The molecule has 0 bridgehead atoms. The molecule has 16 heavy (non-hydrogen) atoms. The van der Waals surface area contributed by atoms with Crippen LogP contribution in [0, 0.1) is 10.8 Å². The van der Waals surface area contributed by atoms with Crippen LogP contribution in [0.5, 0.6) is 0 Å². The van der Waals surface area contributed by atoms with Gasteiger partial charge in [0.05, 0.1) is 0 Å². The molecule has 0 amide bonds. The van der Waals surface area contributed by atoms with Crippen LogP contribution in [-0.4, -0.2) is 6.04 Å². The van der Waals surface area contributed by atoms with Crippen molar-refractivity contribution in [1.82, 2.24) is 5.43 Å². The lowest BCUT2D eigenvalue weighted by Crippen LogP contribution is -2.48. The minimum Gasteiger partial charge on any atom is -0.271 e. The molecule has 0 spiro atoms. The molecular formula is C14H30N2. The maximum absolute atomic E-state index is 5.77. The van der Waals surface area contributed by atoms with E-state index in [0.717, 1.165) is 0 Å². The lowest BCUT2D eigenvalue weighted by molar-refractivity contribution is 0.127. The summed E-state index contributed by atoms with van der Waals surface area (Å²) >= 11 is 0. The van der Waals surface area contributed by atoms with Crippen LogP contribution in [0.25, 0.3) is 0 Å². The van der Waals surface area contributed by atoms with Gasteiger partial charge in [-0.3, -0.25) is 11.3 Å². The molecule has 1 aliphatic rings. The minimum absolute atomic E-state index is 0.417. The Morgan fingerprint density at radius 1 is 1.19 bits per heavy atom. The Hall–Kier alpha value is -0.0800. The molecule has 2 nitrogen and oxygen atoms in total. The van der Waals surface area contributed by atoms with E-state index in [1.165, 1.54) is 44.9 Å². The summed E-state index contributed by atoms with van der Waals surface area (Å²) in [5.41, 5.74) is 3.93. The van der Waals surface area contributed by atoms with Crippen molar-refractivity contribution >= 4 is 0 Å². The molecule has 3 N–H and O–H groups in total. The number of hydrazine groups is 1. The Morgan fingerprint density at radius 2 is 1.75 bits per heavy atom. The Balaban J connectivity index is 2.52. The van der Waals surface area contributed by atoms with Crippen molar-refractivity contribution in [2.45, 2.75) is 78.7 Å². The Labute approximate surface area is 101 Å². The molecule has 1 atom stereocenters. The fraction of sp³-hybridized carbons (Fsp3) is 1.00. The van der Waals surface area contributed by atoms with Gasteiger partial charge in [0.25, 0.3) is 0 Å². The molecule has 96 valence electrons. The van der Waals surface area contributed by atoms with Crippen molar-refractivity contribution in [3.63, 3.8) is 0 Å². The average molecular weight is 226 g/mol. The van der Waals surface area contributed by atoms with Gasteiger partial charge in [0.1, 0.15) is 0 Å². The van der Waals surface area contributed by atoms with Gasteiger partial charge < -0.3 is 0 Å². The third-order valence-corrected chi connectivity index (χ3v) is 4.22. The number of hydrogen-bond donors (Lipinski definition) is 2. The third kappa shape index (κ3) is 4.06. The third-order valence-electron chi connectivity index (χ3n) is 4.22. The van der Waals surface area contributed by atoms with E-state index in [0.29, 0.717) is 16.9 Å². The second-order valence-electron chi connectivity index (χ2n) is 7.03. The molecule has 0 saturated heterocycles. The van der Waals surface area contributed by atoms with E-state index in [1.54, 1.807) is 0 Å². The van der Waals surface area contributed by atoms with Crippen LogP contribution in [0.2, 0.25) is 0 Å². The zero-order chi connectivity index (χ0) is 12.2. The molecule has 1 unspecified atom stereocenters. The van der Waals surface area contributed by atoms with Crippen molar-refractivity contribution in [3.05, 3.63) is 0 Å². The lowest BCUT2D eigenvalue weighted by Gasteiger charge is -2.41. The molecule has 0 radical (unpaired) electrons. The molecule has 1 fully saturated rings. The largest absolute Gasteiger partial charge is 0.271 e. The van der Waals surface area contributed by atoms with Crippen LogP contribution in [0.4, 0.5) is 0 Å². The topological polar surface area (TPSA) is 38.0 Å². The molecule has 0 aromatic heterocycles. The van der Waals surface area contributed by atoms with E-state index < -0.39 is 0 Å². The molecule has 0 aromatic carbocycles. The maximum Gasteiger partial charge on any atom is 0.0264 e. The van der Waals surface area contributed by atoms with Gasteiger partial charge in [0.2, 0.25) is 0 Å². The monoisotopic (exact) mass is 226 g/mol. The predicted molar refractivity (Wildman–Crippen MR) is 71.0 cm³/mol. The summed E-state index contributed by atoms with van der Waals surface area (Å²) in [4.78, 5) is 0. The molecule has 0 heterocycles. The quantitative estimate of drug-likeness (QED) is 0.567. The number of nitrogens with two attached hydrogens (primary N) is 1. The van der Waals surface area contributed by atoms with E-state index in [1.807, 2.05) is 0 Å². The SMILES string of the molecule is CC(C)(C)CCC(NN)C1(C)CCCCC1. The lowest BCUT2D eigenvalue weighted by atomic mass is 9.68. The van der Waals surface area contributed by atoms with Gasteiger partial charge in [-0.25, -0.2) is 0 Å². The van der Waals surface area contributed by atoms with Crippen LogP contribution in [0.1, 0.15) is 72.6 Å². The number of nitrogens with one attached hydrogen (secondary N) is 1. The Kier molecular flexibility index (Phi) is 4.81. The highest BCUT2D eigenvalue weighted by Gasteiger charge is 2.35. The van der Waals surface area contributed by atoms with Crippen LogP contribution in [-0.2, 0) is 0 Å². The summed E-state index contributed by atoms with van der Waals surface area (Å²) in [7, 11) is 0. The molecule has 2 heteroatoms. The van der Waals surface area contributed by atoms with E-state index in [2.05, 4.69) is 33.1 Å². The Morgan fingerprint density at radius 3 is 2.19 bits per heavy atom. The van der Waals surface area contributed by atoms with Crippen LogP contribution >= 0.6 is 0 Å². The van der Waals surface area contributed by atoms with E-state index in [-0.39, 0.29) is 0 Å². The predicted octanol–water partition coefficient (Wildman–Crippen LogP) is 3.62. The highest BCUT2D eigenvalue weighted by Crippen LogP contribution is 2.40. The first-order valence-corrected chi connectivity index (χ1v) is 6.83. The fourth-order valence-corrected chi connectivity index (χ4v) is 2.92. The summed E-state index contributed by atoms with van der Waals surface area (Å²) in [6.07, 6.45) is 9.30. The molecular weight excluding hydrogens is 196 g/mol. The first kappa shape index (κ1) is 14.0. The highest BCUT2D eigenvalue weighted by molar-refractivity contribution is 4.89. The average Bonchev–Trinajstić information content (AvgIpc) is 2.17. The number of hydrogen-bond acceptors (Lipinski definition) is 2. The van der Waals surface area contributed by atoms with Crippen LogP contribution in [0.15, 0.2) is 0 Å². The molecule has 1 saturated carbocycles. The summed E-state index contributed by atoms with van der Waals surface area (Å²) in [6.45, 7) is 9.34. The molecule has 1 rings (SSSR count). The maximum atomic E-state index is 5.77. The fourth-order valence-electron chi connectivity index (χ4n) is 2.92. The Bertz CT molecular complexity index is 199. The smallest absolute Gasteiger partial charge is 0.0264 e. The van der Waals surface area contributed by atoms with E-state index in [9.17, 15) is 0 Å². The first-order valence-electron chi connectivity index (χ1n) is 6.83. The first-order chi connectivity index (χ1) is 7.37. The van der Waals surface area contributed by atoms with Crippen LogP contribution in [0.3, 0.4) is 0 Å². The zero-order valence-corrected chi connectivity index (χ0v) is 11.6. The van der Waals surface area contributed by atoms with Crippen molar-refractivity contribution < 1.29 is 0 Å². The highest BCUT2D eigenvalue weighted by atomic mass is 15.2. The van der Waals surface area contributed by atoms with Gasteiger partial charge in [-0.1, -0.05) is 47.0 Å². The van der Waals surface area contributed by atoms with Gasteiger partial charge in [-0.2, -0.15) is 0 Å². The number of rotatable bonds is 4. The second kappa shape index (κ2) is 5.50. The molecule has 0 aliphatic heterocycles. The summed E-state index contributed by atoms with van der Waals surface area (Å²) < 4.78 is 0. The summed E-state index contributed by atoms with van der Waals surface area (Å²) in [5, 5.41) is 0. The van der Waals surface area contributed by atoms with Gasteiger partial charge >= 0.3 is 0 Å². The van der Waals surface area contributed by atoms with E-state index >= 15 is 0 Å². The van der Waals surface area contributed by atoms with Gasteiger partial charge in [-0.15, -0.1) is 0 Å². The van der Waals surface area contributed by atoms with E-state index in [4.69, 9.17) is 5.84 Å². The minimum atomic E-state index is 0.417. The summed E-state index contributed by atoms with van der Waals surface area (Å²) in [6, 6.07) is 0.493. The van der Waals surface area contributed by atoms with Crippen molar-refractivity contribution in [2.24, 2.45) is 16.7 Å². The molecule has 0 aromatic rings.